The van der Waals surface area contributed by atoms with Crippen LogP contribution in [-0.4, -0.2) is 15.9 Å². The number of carbonyl (C=O) groups is 1. The van der Waals surface area contributed by atoms with Crippen molar-refractivity contribution < 1.29 is 9.72 Å². The van der Waals surface area contributed by atoms with Crippen LogP contribution >= 0.6 is 0 Å². The summed E-state index contributed by atoms with van der Waals surface area (Å²) >= 11 is 0. The van der Waals surface area contributed by atoms with Gasteiger partial charge >= 0.3 is 11.7 Å². The highest BCUT2D eigenvalue weighted by atomic mass is 16.6. The number of nitrogens with zero attached hydrogens (tertiary/aromatic N) is 2. The van der Waals surface area contributed by atoms with Gasteiger partial charge in [-0.3, -0.25) is 15.0 Å². The number of para-hydroxylation sites is 2. The Kier molecular flexibility index (Phi) is 2.80. The van der Waals surface area contributed by atoms with Crippen LogP contribution < -0.4 is 10.2 Å². The minimum atomic E-state index is -0.456. The molecule has 0 atom stereocenters. The summed E-state index contributed by atoms with van der Waals surface area (Å²) in [4.78, 5) is 27.8. The van der Waals surface area contributed by atoms with E-state index in [9.17, 15) is 14.9 Å². The van der Waals surface area contributed by atoms with Crippen LogP contribution in [0.2, 0.25) is 0 Å². The van der Waals surface area contributed by atoms with Gasteiger partial charge in [0.25, 0.3) is 0 Å². The van der Waals surface area contributed by atoms with Crippen LogP contribution in [0.1, 0.15) is 5.56 Å². The third-order valence-corrected chi connectivity index (χ3v) is 3.94. The van der Waals surface area contributed by atoms with Crippen molar-refractivity contribution in [1.29, 1.82) is 0 Å². The molecule has 2 amide bonds. The number of amides is 2. The Hall–Kier alpha value is -3.35. The van der Waals surface area contributed by atoms with Crippen LogP contribution in [0.25, 0.3) is 10.9 Å². The largest absolute Gasteiger partial charge is 0.335 e. The first-order chi connectivity index (χ1) is 11.1. The monoisotopic (exact) mass is 308 g/mol. The van der Waals surface area contributed by atoms with Gasteiger partial charge in [0, 0.05) is 5.69 Å². The van der Waals surface area contributed by atoms with Gasteiger partial charge in [0.15, 0.2) is 5.82 Å². The summed E-state index contributed by atoms with van der Waals surface area (Å²) in [7, 11) is 0. The normalized spacial score (nSPS) is 13.7. The summed E-state index contributed by atoms with van der Waals surface area (Å²) in [5, 5.41) is 14.8. The lowest BCUT2D eigenvalue weighted by atomic mass is 10.1. The average Bonchev–Trinajstić information content (AvgIpc) is 2.93. The van der Waals surface area contributed by atoms with E-state index in [-0.39, 0.29) is 18.1 Å². The molecule has 2 aromatic carbocycles. The number of hydrogen-bond acceptors (Lipinski definition) is 3. The zero-order valence-corrected chi connectivity index (χ0v) is 11.9. The van der Waals surface area contributed by atoms with E-state index >= 15 is 0 Å². The van der Waals surface area contributed by atoms with Gasteiger partial charge in [-0.2, -0.15) is 0 Å². The first kappa shape index (κ1) is 13.3. The molecule has 4 rings (SSSR count). The molecule has 23 heavy (non-hydrogen) atoms. The quantitative estimate of drug-likeness (QED) is 0.559. The third-order valence-electron chi connectivity index (χ3n) is 3.94. The second-order valence-corrected chi connectivity index (χ2v) is 5.30. The summed E-state index contributed by atoms with van der Waals surface area (Å²) < 4.78 is 0. The van der Waals surface area contributed by atoms with Crippen molar-refractivity contribution in [2.75, 3.05) is 10.2 Å². The number of nitrogens with one attached hydrogen (secondary N) is 2. The molecule has 1 aliphatic rings. The van der Waals surface area contributed by atoms with Crippen molar-refractivity contribution in [2.24, 2.45) is 0 Å². The minimum Gasteiger partial charge on any atom is -0.335 e. The van der Waals surface area contributed by atoms with E-state index in [2.05, 4.69) is 10.3 Å². The van der Waals surface area contributed by atoms with Crippen LogP contribution in [0.5, 0.6) is 0 Å². The summed E-state index contributed by atoms with van der Waals surface area (Å²) in [6.45, 7) is 0.273. The Bertz CT molecular complexity index is 947. The van der Waals surface area contributed by atoms with Gasteiger partial charge in [0.1, 0.15) is 0 Å². The topological polar surface area (TPSA) is 91.3 Å². The molecule has 2 heterocycles. The maximum atomic E-state index is 12.4. The first-order valence-corrected chi connectivity index (χ1v) is 7.06. The number of aromatic nitrogens is 1. The molecular weight excluding hydrogens is 296 g/mol. The molecule has 7 heteroatoms. The van der Waals surface area contributed by atoms with Gasteiger partial charge in [-0.25, -0.2) is 4.79 Å². The fraction of sp³-hybridized carbons (Fsp3) is 0.0625. The number of urea groups is 1. The molecule has 0 bridgehead atoms. The molecule has 2 N–H and O–H groups in total. The predicted molar refractivity (Wildman–Crippen MR) is 86.6 cm³/mol. The molecule has 0 spiro atoms. The zero-order valence-electron chi connectivity index (χ0n) is 11.9. The smallest absolute Gasteiger partial charge is 0.327 e. The Labute approximate surface area is 130 Å². The Balaban J connectivity index is 1.88. The molecule has 1 aliphatic heterocycles. The van der Waals surface area contributed by atoms with Crippen molar-refractivity contribution in [2.45, 2.75) is 6.54 Å². The van der Waals surface area contributed by atoms with Crippen LogP contribution in [0, 0.1) is 10.1 Å². The van der Waals surface area contributed by atoms with E-state index in [0.29, 0.717) is 10.9 Å². The van der Waals surface area contributed by atoms with Crippen LogP contribution in [-0.2, 0) is 6.54 Å². The van der Waals surface area contributed by atoms with E-state index < -0.39 is 11.0 Å². The molecule has 0 unspecified atom stereocenters. The second-order valence-electron chi connectivity index (χ2n) is 5.30. The standard InChI is InChI=1S/C16H12N4O3/c21-16-18-12-7-3-1-5-10(12)9-19(16)15-14(20(22)23)11-6-2-4-8-13(11)17-15/h1-8,17H,9H2,(H,18,21). The lowest BCUT2D eigenvalue weighted by Crippen LogP contribution is -2.39. The highest BCUT2D eigenvalue weighted by Gasteiger charge is 2.32. The van der Waals surface area contributed by atoms with Gasteiger partial charge in [-0.15, -0.1) is 0 Å². The molecule has 0 aliphatic carbocycles. The SMILES string of the molecule is O=C1Nc2ccccc2CN1c1[nH]c2ccccc2c1[N+](=O)[O-]. The number of hydrogen-bond donors (Lipinski definition) is 2. The molecule has 114 valence electrons. The highest BCUT2D eigenvalue weighted by Crippen LogP contribution is 2.38. The Morgan fingerprint density at radius 3 is 2.65 bits per heavy atom. The van der Waals surface area contributed by atoms with Crippen molar-refractivity contribution in [1.82, 2.24) is 4.98 Å². The molecule has 0 saturated heterocycles. The van der Waals surface area contributed by atoms with Gasteiger partial charge < -0.3 is 10.3 Å². The molecular formula is C16H12N4O3. The molecule has 0 radical (unpaired) electrons. The van der Waals surface area contributed by atoms with Gasteiger partial charge in [-0.05, 0) is 23.8 Å². The maximum absolute atomic E-state index is 12.4. The lowest BCUT2D eigenvalue weighted by molar-refractivity contribution is -0.382. The third kappa shape index (κ3) is 2.02. The van der Waals surface area contributed by atoms with E-state index in [1.54, 1.807) is 24.3 Å². The zero-order chi connectivity index (χ0) is 16.0. The number of carbonyl (C=O) groups excluding carboxylic acids is 1. The van der Waals surface area contributed by atoms with E-state index in [1.807, 2.05) is 24.3 Å². The van der Waals surface area contributed by atoms with E-state index in [0.717, 1.165) is 11.3 Å². The van der Waals surface area contributed by atoms with Crippen LogP contribution in [0.3, 0.4) is 0 Å². The van der Waals surface area contributed by atoms with Crippen LogP contribution in [0.15, 0.2) is 48.5 Å². The number of aromatic amines is 1. The number of anilines is 2. The van der Waals surface area contributed by atoms with Gasteiger partial charge in [0.05, 0.1) is 22.4 Å². The van der Waals surface area contributed by atoms with Crippen molar-refractivity contribution >= 4 is 34.1 Å². The fourth-order valence-corrected chi connectivity index (χ4v) is 2.88. The maximum Gasteiger partial charge on any atom is 0.327 e. The summed E-state index contributed by atoms with van der Waals surface area (Å²) in [5.74, 6) is 0.197. The number of rotatable bonds is 2. The molecule has 1 aromatic heterocycles. The van der Waals surface area contributed by atoms with Crippen LogP contribution in [0.4, 0.5) is 22.0 Å². The van der Waals surface area contributed by atoms with Gasteiger partial charge in [-0.1, -0.05) is 30.3 Å². The highest BCUT2D eigenvalue weighted by molar-refractivity contribution is 6.08. The van der Waals surface area contributed by atoms with Crippen molar-refractivity contribution in [3.63, 3.8) is 0 Å². The lowest BCUT2D eigenvalue weighted by Gasteiger charge is -2.27. The summed E-state index contributed by atoms with van der Waals surface area (Å²) in [6, 6.07) is 14.0. The second kappa shape index (κ2) is 4.84. The minimum absolute atomic E-state index is 0.0878. The van der Waals surface area contributed by atoms with Crippen molar-refractivity contribution in [3.05, 3.63) is 64.2 Å². The summed E-state index contributed by atoms with van der Waals surface area (Å²) in [5.41, 5.74) is 2.17. The Morgan fingerprint density at radius 2 is 1.83 bits per heavy atom. The van der Waals surface area contributed by atoms with E-state index in [1.165, 1.54) is 4.90 Å². The predicted octanol–water partition coefficient (Wildman–Crippen LogP) is 3.63. The average molecular weight is 308 g/mol. The summed E-state index contributed by atoms with van der Waals surface area (Å²) in [6.07, 6.45) is 0. The molecule has 3 aromatic rings. The molecule has 7 nitrogen and oxygen atoms in total. The first-order valence-electron chi connectivity index (χ1n) is 7.06. The number of H-pyrrole nitrogens is 1. The number of benzene rings is 2. The molecule has 0 fully saturated rings. The van der Waals surface area contributed by atoms with Gasteiger partial charge in [0.2, 0.25) is 0 Å². The fourth-order valence-electron chi connectivity index (χ4n) is 2.88. The number of fused-ring (bicyclic) bond motifs is 2. The Morgan fingerprint density at radius 1 is 1.09 bits per heavy atom. The molecule has 0 saturated carbocycles. The van der Waals surface area contributed by atoms with E-state index in [4.69, 9.17) is 0 Å². The number of nitro groups is 1. The van der Waals surface area contributed by atoms with Crippen molar-refractivity contribution in [3.8, 4) is 0 Å².